The van der Waals surface area contributed by atoms with Crippen LogP contribution in [0.2, 0.25) is 0 Å². The maximum absolute atomic E-state index is 12.3. The molecule has 4 nitrogen and oxygen atoms in total. The second kappa shape index (κ2) is 5.40. The lowest BCUT2D eigenvalue weighted by atomic mass is 10.1. The van der Waals surface area contributed by atoms with Crippen LogP contribution in [0.3, 0.4) is 0 Å². The molecule has 5 heteroatoms. The van der Waals surface area contributed by atoms with Gasteiger partial charge in [0.2, 0.25) is 0 Å². The fraction of sp³-hybridized carbons (Fsp3) is 0.467. The lowest BCUT2D eigenvalue weighted by molar-refractivity contribution is 0.0952. The Morgan fingerprint density at radius 2 is 2.20 bits per heavy atom. The first-order valence-corrected chi connectivity index (χ1v) is 7.90. The summed E-state index contributed by atoms with van der Waals surface area (Å²) >= 11 is 1.38. The van der Waals surface area contributed by atoms with Gasteiger partial charge in [0.25, 0.3) is 5.91 Å². The Kier molecular flexibility index (Phi) is 3.61. The average molecular weight is 289 g/mol. The number of carbonyl (C=O) groups is 1. The summed E-state index contributed by atoms with van der Waals surface area (Å²) < 4.78 is 0. The number of fused-ring (bicyclic) bond motifs is 1. The minimum absolute atomic E-state index is 0.0601. The van der Waals surface area contributed by atoms with Crippen molar-refractivity contribution in [3.8, 4) is 0 Å². The molecule has 0 bridgehead atoms. The highest BCUT2D eigenvalue weighted by molar-refractivity contribution is 7.21. The average Bonchev–Trinajstić information content (AvgIpc) is 3.04. The topological polar surface area (TPSA) is 68.0 Å². The summed E-state index contributed by atoms with van der Waals surface area (Å²) in [5.41, 5.74) is 7.58. The number of anilines is 1. The third-order valence-electron chi connectivity index (χ3n) is 3.97. The molecule has 106 valence electrons. The van der Waals surface area contributed by atoms with Gasteiger partial charge in [-0.1, -0.05) is 12.8 Å². The Morgan fingerprint density at radius 3 is 2.95 bits per heavy atom. The molecule has 0 aliphatic heterocycles. The van der Waals surface area contributed by atoms with Crippen LogP contribution in [0, 0.1) is 12.8 Å². The molecule has 1 fully saturated rings. The molecule has 1 amide bonds. The van der Waals surface area contributed by atoms with Crippen LogP contribution in [0.5, 0.6) is 0 Å². The number of nitrogens with zero attached hydrogens (tertiary/aromatic N) is 1. The quantitative estimate of drug-likeness (QED) is 0.912. The molecule has 0 atom stereocenters. The molecule has 20 heavy (non-hydrogen) atoms. The molecule has 2 aromatic heterocycles. The molecule has 2 aromatic rings. The van der Waals surface area contributed by atoms with Crippen LogP contribution in [-0.4, -0.2) is 17.4 Å². The van der Waals surface area contributed by atoms with Gasteiger partial charge in [-0.2, -0.15) is 0 Å². The predicted octanol–water partition coefficient (Wildman–Crippen LogP) is 3.11. The normalized spacial score (nSPS) is 15.8. The SMILES string of the molecule is Cc1ccc2c(N)c(C(=O)NCC3CCCC3)sc2n1. The Bertz CT molecular complexity index is 644. The summed E-state index contributed by atoms with van der Waals surface area (Å²) in [7, 11) is 0. The number of aryl methyl sites for hydroxylation is 1. The monoisotopic (exact) mass is 289 g/mol. The van der Waals surface area contributed by atoms with Crippen LogP contribution < -0.4 is 11.1 Å². The van der Waals surface area contributed by atoms with Crippen molar-refractivity contribution < 1.29 is 4.79 Å². The van der Waals surface area contributed by atoms with Gasteiger partial charge in [0.05, 0.1) is 5.69 Å². The van der Waals surface area contributed by atoms with E-state index in [2.05, 4.69) is 10.3 Å². The molecule has 1 aliphatic rings. The molecule has 0 saturated heterocycles. The van der Waals surface area contributed by atoms with Crippen molar-refractivity contribution in [2.75, 3.05) is 12.3 Å². The number of nitrogens with two attached hydrogens (primary N) is 1. The molecular formula is C15H19N3OS. The van der Waals surface area contributed by atoms with Gasteiger partial charge in [-0.3, -0.25) is 4.79 Å². The highest BCUT2D eigenvalue weighted by Crippen LogP contribution is 2.32. The standard InChI is InChI=1S/C15H19N3OS/c1-9-6-7-11-12(16)13(20-15(11)18-9)14(19)17-8-10-4-2-3-5-10/h6-7,10H,2-5,8,16H2,1H3,(H,17,19). The molecule has 3 N–H and O–H groups in total. The van der Waals surface area contributed by atoms with Crippen LogP contribution >= 0.6 is 11.3 Å². The van der Waals surface area contributed by atoms with E-state index >= 15 is 0 Å². The summed E-state index contributed by atoms with van der Waals surface area (Å²) in [6.45, 7) is 2.70. The fourth-order valence-electron chi connectivity index (χ4n) is 2.79. The second-order valence-electron chi connectivity index (χ2n) is 5.51. The van der Waals surface area contributed by atoms with Crippen LogP contribution in [0.15, 0.2) is 12.1 Å². The van der Waals surface area contributed by atoms with Crippen molar-refractivity contribution in [2.24, 2.45) is 5.92 Å². The fourth-order valence-corrected chi connectivity index (χ4v) is 3.85. The third-order valence-corrected chi connectivity index (χ3v) is 5.08. The number of nitrogen functional groups attached to an aromatic ring is 1. The number of hydrogen-bond donors (Lipinski definition) is 2. The Balaban J connectivity index is 1.78. The van der Waals surface area contributed by atoms with Gasteiger partial charge in [0.15, 0.2) is 0 Å². The Labute approximate surface area is 122 Å². The maximum Gasteiger partial charge on any atom is 0.263 e. The molecule has 1 aliphatic carbocycles. The lowest BCUT2D eigenvalue weighted by Gasteiger charge is -2.09. The molecule has 2 heterocycles. The van der Waals surface area contributed by atoms with Gasteiger partial charge in [0, 0.05) is 17.6 Å². The van der Waals surface area contributed by atoms with Crippen LogP contribution in [-0.2, 0) is 0 Å². The summed E-state index contributed by atoms with van der Waals surface area (Å²) in [4.78, 5) is 18.1. The summed E-state index contributed by atoms with van der Waals surface area (Å²) in [6.07, 6.45) is 5.02. The molecule has 0 spiro atoms. The van der Waals surface area contributed by atoms with E-state index in [1.807, 2.05) is 19.1 Å². The van der Waals surface area contributed by atoms with E-state index in [1.54, 1.807) is 0 Å². The van der Waals surface area contributed by atoms with Crippen LogP contribution in [0.25, 0.3) is 10.2 Å². The number of pyridine rings is 1. The van der Waals surface area contributed by atoms with Gasteiger partial charge in [-0.15, -0.1) is 11.3 Å². The van der Waals surface area contributed by atoms with Crippen molar-refractivity contribution in [1.82, 2.24) is 10.3 Å². The molecule has 0 unspecified atom stereocenters. The number of amides is 1. The zero-order valence-electron chi connectivity index (χ0n) is 11.6. The first-order chi connectivity index (χ1) is 9.65. The van der Waals surface area contributed by atoms with E-state index in [-0.39, 0.29) is 5.91 Å². The molecule has 0 aromatic carbocycles. The summed E-state index contributed by atoms with van der Waals surface area (Å²) in [5, 5.41) is 3.90. The van der Waals surface area contributed by atoms with E-state index in [0.29, 0.717) is 16.5 Å². The Hall–Kier alpha value is -1.62. The van der Waals surface area contributed by atoms with Crippen molar-refractivity contribution in [3.63, 3.8) is 0 Å². The number of carbonyl (C=O) groups excluding carboxylic acids is 1. The van der Waals surface area contributed by atoms with Crippen molar-refractivity contribution in [1.29, 1.82) is 0 Å². The second-order valence-corrected chi connectivity index (χ2v) is 6.51. The van der Waals surface area contributed by atoms with Gasteiger partial charge >= 0.3 is 0 Å². The number of nitrogens with one attached hydrogen (secondary N) is 1. The van der Waals surface area contributed by atoms with Gasteiger partial charge < -0.3 is 11.1 Å². The van der Waals surface area contributed by atoms with Crippen LogP contribution in [0.4, 0.5) is 5.69 Å². The van der Waals surface area contributed by atoms with Gasteiger partial charge in [0.1, 0.15) is 9.71 Å². The number of aromatic nitrogens is 1. The number of hydrogen-bond acceptors (Lipinski definition) is 4. The first kappa shape index (κ1) is 13.4. The molecular weight excluding hydrogens is 270 g/mol. The summed E-state index contributed by atoms with van der Waals surface area (Å²) in [6, 6.07) is 3.86. The molecule has 1 saturated carbocycles. The highest BCUT2D eigenvalue weighted by Gasteiger charge is 2.20. The van der Waals surface area contributed by atoms with E-state index < -0.39 is 0 Å². The smallest absolute Gasteiger partial charge is 0.263 e. The van der Waals surface area contributed by atoms with Gasteiger partial charge in [-0.05, 0) is 37.8 Å². The number of thiophene rings is 1. The van der Waals surface area contributed by atoms with Crippen molar-refractivity contribution in [3.05, 3.63) is 22.7 Å². The van der Waals surface area contributed by atoms with Crippen LogP contribution in [0.1, 0.15) is 41.0 Å². The third kappa shape index (κ3) is 2.50. The minimum atomic E-state index is -0.0601. The zero-order valence-corrected chi connectivity index (χ0v) is 12.4. The van der Waals surface area contributed by atoms with E-state index in [4.69, 9.17) is 5.73 Å². The van der Waals surface area contributed by atoms with E-state index in [0.717, 1.165) is 22.5 Å². The minimum Gasteiger partial charge on any atom is -0.397 e. The van der Waals surface area contributed by atoms with E-state index in [9.17, 15) is 4.79 Å². The van der Waals surface area contributed by atoms with Crippen molar-refractivity contribution >= 4 is 33.1 Å². The highest BCUT2D eigenvalue weighted by atomic mass is 32.1. The summed E-state index contributed by atoms with van der Waals surface area (Å²) in [5.74, 6) is 0.574. The molecule has 3 rings (SSSR count). The van der Waals surface area contributed by atoms with E-state index in [1.165, 1.54) is 37.0 Å². The lowest BCUT2D eigenvalue weighted by Crippen LogP contribution is -2.28. The largest absolute Gasteiger partial charge is 0.397 e. The molecule has 0 radical (unpaired) electrons. The maximum atomic E-state index is 12.3. The first-order valence-electron chi connectivity index (χ1n) is 7.09. The number of rotatable bonds is 3. The Morgan fingerprint density at radius 1 is 1.45 bits per heavy atom. The van der Waals surface area contributed by atoms with Gasteiger partial charge in [-0.25, -0.2) is 4.98 Å². The predicted molar refractivity (Wildman–Crippen MR) is 83.1 cm³/mol. The zero-order chi connectivity index (χ0) is 14.1. The van der Waals surface area contributed by atoms with Crippen molar-refractivity contribution in [2.45, 2.75) is 32.6 Å².